The summed E-state index contributed by atoms with van der Waals surface area (Å²) in [4.78, 5) is 15.3. The Kier molecular flexibility index (Phi) is 3.43. The first-order chi connectivity index (χ1) is 8.08. The lowest BCUT2D eigenvalue weighted by atomic mass is 10.1. The fraction of sp³-hybridized carbons (Fsp3) is 0.231. The van der Waals surface area contributed by atoms with Gasteiger partial charge in [0.2, 0.25) is 0 Å². The van der Waals surface area contributed by atoms with E-state index in [-0.39, 0.29) is 5.78 Å². The second-order valence-electron chi connectivity index (χ2n) is 4.01. The molecule has 0 fully saturated rings. The SMILES string of the molecule is CC(=O)Cc1ccc(-n2ccnc2C)c(Br)c1. The minimum atomic E-state index is 0.170. The Balaban J connectivity index is 2.39. The van der Waals surface area contributed by atoms with Crippen LogP contribution < -0.4 is 0 Å². The van der Waals surface area contributed by atoms with E-state index in [4.69, 9.17) is 0 Å². The molecule has 0 aliphatic rings. The highest BCUT2D eigenvalue weighted by molar-refractivity contribution is 9.10. The molecule has 0 aliphatic carbocycles. The first-order valence-electron chi connectivity index (χ1n) is 5.36. The van der Waals surface area contributed by atoms with Gasteiger partial charge in [-0.05, 0) is 47.5 Å². The van der Waals surface area contributed by atoms with E-state index in [0.29, 0.717) is 6.42 Å². The summed E-state index contributed by atoms with van der Waals surface area (Å²) < 4.78 is 2.97. The van der Waals surface area contributed by atoms with Crippen molar-refractivity contribution in [1.29, 1.82) is 0 Å². The largest absolute Gasteiger partial charge is 0.303 e. The molecule has 0 bridgehead atoms. The van der Waals surface area contributed by atoms with E-state index < -0.39 is 0 Å². The first kappa shape index (κ1) is 12.0. The van der Waals surface area contributed by atoms with Crippen LogP contribution in [0.1, 0.15) is 18.3 Å². The molecule has 0 radical (unpaired) electrons. The van der Waals surface area contributed by atoms with Gasteiger partial charge in [0.1, 0.15) is 11.6 Å². The van der Waals surface area contributed by atoms with Gasteiger partial charge in [0, 0.05) is 23.3 Å². The normalized spacial score (nSPS) is 10.5. The van der Waals surface area contributed by atoms with Crippen molar-refractivity contribution in [3.63, 3.8) is 0 Å². The van der Waals surface area contributed by atoms with Crippen LogP contribution in [-0.2, 0) is 11.2 Å². The summed E-state index contributed by atoms with van der Waals surface area (Å²) >= 11 is 3.53. The molecule has 0 saturated carbocycles. The van der Waals surface area contributed by atoms with Gasteiger partial charge in [-0.1, -0.05) is 6.07 Å². The maximum atomic E-state index is 11.1. The Hall–Kier alpha value is -1.42. The Morgan fingerprint density at radius 3 is 2.76 bits per heavy atom. The molecule has 0 unspecified atom stereocenters. The van der Waals surface area contributed by atoms with E-state index in [2.05, 4.69) is 20.9 Å². The average molecular weight is 293 g/mol. The Morgan fingerprint density at radius 2 is 2.24 bits per heavy atom. The Labute approximate surface area is 109 Å². The third kappa shape index (κ3) is 2.64. The minimum absolute atomic E-state index is 0.170. The zero-order valence-electron chi connectivity index (χ0n) is 9.77. The molecule has 4 heteroatoms. The quantitative estimate of drug-likeness (QED) is 0.871. The maximum Gasteiger partial charge on any atom is 0.134 e. The third-order valence-corrected chi connectivity index (χ3v) is 3.19. The van der Waals surface area contributed by atoms with Crippen molar-refractivity contribution in [3.05, 3.63) is 46.5 Å². The highest BCUT2D eigenvalue weighted by Crippen LogP contribution is 2.23. The summed E-state index contributed by atoms with van der Waals surface area (Å²) in [6.45, 7) is 3.55. The molecular formula is C13H13BrN2O. The van der Waals surface area contributed by atoms with E-state index in [1.165, 1.54) is 0 Å². The summed E-state index contributed by atoms with van der Waals surface area (Å²) in [6.07, 6.45) is 4.16. The van der Waals surface area contributed by atoms with Crippen LogP contribution in [-0.4, -0.2) is 15.3 Å². The molecule has 2 aromatic rings. The fourth-order valence-corrected chi connectivity index (χ4v) is 2.39. The van der Waals surface area contributed by atoms with Gasteiger partial charge in [0.15, 0.2) is 0 Å². The van der Waals surface area contributed by atoms with Crippen LogP contribution in [0.3, 0.4) is 0 Å². The lowest BCUT2D eigenvalue weighted by Crippen LogP contribution is -2.00. The van der Waals surface area contributed by atoms with Gasteiger partial charge in [-0.15, -0.1) is 0 Å². The Bertz CT molecular complexity index is 560. The van der Waals surface area contributed by atoms with Gasteiger partial charge in [-0.2, -0.15) is 0 Å². The fourth-order valence-electron chi connectivity index (χ4n) is 1.78. The zero-order chi connectivity index (χ0) is 12.4. The number of nitrogens with zero attached hydrogens (tertiary/aromatic N) is 2. The van der Waals surface area contributed by atoms with Crippen molar-refractivity contribution in [2.24, 2.45) is 0 Å². The van der Waals surface area contributed by atoms with Crippen molar-refractivity contribution in [2.45, 2.75) is 20.3 Å². The minimum Gasteiger partial charge on any atom is -0.303 e. The molecule has 0 atom stereocenters. The molecule has 0 saturated heterocycles. The van der Waals surface area contributed by atoms with Gasteiger partial charge >= 0.3 is 0 Å². The van der Waals surface area contributed by atoms with Gasteiger partial charge in [-0.3, -0.25) is 4.79 Å². The second kappa shape index (κ2) is 4.84. The van der Waals surface area contributed by atoms with Crippen LogP contribution in [0.5, 0.6) is 0 Å². The number of ketones is 1. The van der Waals surface area contributed by atoms with Crippen LogP contribution in [0.25, 0.3) is 5.69 Å². The molecule has 88 valence electrons. The molecule has 1 heterocycles. The van der Waals surface area contributed by atoms with E-state index in [1.807, 2.05) is 35.9 Å². The second-order valence-corrected chi connectivity index (χ2v) is 4.86. The molecule has 0 amide bonds. The number of aromatic nitrogens is 2. The van der Waals surface area contributed by atoms with Crippen LogP contribution in [0.2, 0.25) is 0 Å². The van der Waals surface area contributed by atoms with Crippen LogP contribution in [0.15, 0.2) is 35.1 Å². The number of imidazole rings is 1. The van der Waals surface area contributed by atoms with Crippen LogP contribution in [0.4, 0.5) is 0 Å². The molecule has 0 aliphatic heterocycles. The van der Waals surface area contributed by atoms with Crippen molar-refractivity contribution >= 4 is 21.7 Å². The number of hydrogen-bond acceptors (Lipinski definition) is 2. The van der Waals surface area contributed by atoms with Gasteiger partial charge in [-0.25, -0.2) is 4.98 Å². The summed E-state index contributed by atoms with van der Waals surface area (Å²) in [6, 6.07) is 5.95. The molecule has 0 N–H and O–H groups in total. The summed E-state index contributed by atoms with van der Waals surface area (Å²) in [5.41, 5.74) is 2.05. The predicted octanol–water partition coefficient (Wildman–Crippen LogP) is 3.07. The number of hydrogen-bond donors (Lipinski definition) is 0. The predicted molar refractivity (Wildman–Crippen MR) is 70.4 cm³/mol. The van der Waals surface area contributed by atoms with E-state index in [9.17, 15) is 4.79 Å². The van der Waals surface area contributed by atoms with Crippen molar-refractivity contribution in [3.8, 4) is 5.69 Å². The first-order valence-corrected chi connectivity index (χ1v) is 6.15. The molecule has 2 rings (SSSR count). The number of carbonyl (C=O) groups is 1. The maximum absolute atomic E-state index is 11.1. The van der Waals surface area contributed by atoms with Gasteiger partial charge in [0.05, 0.1) is 5.69 Å². The molecule has 0 spiro atoms. The van der Waals surface area contributed by atoms with Crippen molar-refractivity contribution < 1.29 is 4.79 Å². The van der Waals surface area contributed by atoms with Crippen LogP contribution in [0, 0.1) is 6.92 Å². The standard InChI is InChI=1S/C13H13BrN2O/c1-9(17)7-11-3-4-13(12(14)8-11)16-6-5-15-10(16)2/h3-6,8H,7H2,1-2H3. The number of rotatable bonds is 3. The summed E-state index contributed by atoms with van der Waals surface area (Å²) in [5, 5.41) is 0. The number of Topliss-reactive ketones (excluding diaryl/α,β-unsaturated/α-hetero) is 1. The van der Waals surface area contributed by atoms with E-state index in [0.717, 1.165) is 21.5 Å². The number of carbonyl (C=O) groups excluding carboxylic acids is 1. The Morgan fingerprint density at radius 1 is 1.47 bits per heavy atom. The zero-order valence-corrected chi connectivity index (χ0v) is 11.4. The van der Waals surface area contributed by atoms with E-state index in [1.54, 1.807) is 13.1 Å². The molecule has 1 aromatic heterocycles. The number of halogens is 1. The monoisotopic (exact) mass is 292 g/mol. The lowest BCUT2D eigenvalue weighted by molar-refractivity contribution is -0.116. The highest BCUT2D eigenvalue weighted by Gasteiger charge is 2.06. The van der Waals surface area contributed by atoms with Gasteiger partial charge < -0.3 is 4.57 Å². The van der Waals surface area contributed by atoms with E-state index >= 15 is 0 Å². The lowest BCUT2D eigenvalue weighted by Gasteiger charge is -2.09. The molecule has 3 nitrogen and oxygen atoms in total. The van der Waals surface area contributed by atoms with Crippen molar-refractivity contribution in [2.75, 3.05) is 0 Å². The smallest absolute Gasteiger partial charge is 0.134 e. The highest BCUT2D eigenvalue weighted by atomic mass is 79.9. The van der Waals surface area contributed by atoms with Gasteiger partial charge in [0.25, 0.3) is 0 Å². The molecular weight excluding hydrogens is 280 g/mol. The third-order valence-electron chi connectivity index (χ3n) is 2.55. The van der Waals surface area contributed by atoms with Crippen LogP contribution >= 0.6 is 15.9 Å². The molecule has 17 heavy (non-hydrogen) atoms. The topological polar surface area (TPSA) is 34.9 Å². The summed E-state index contributed by atoms with van der Waals surface area (Å²) in [7, 11) is 0. The summed E-state index contributed by atoms with van der Waals surface area (Å²) in [5.74, 6) is 1.11. The number of aryl methyl sites for hydroxylation is 1. The molecule has 1 aromatic carbocycles. The average Bonchev–Trinajstić information content (AvgIpc) is 2.64. The van der Waals surface area contributed by atoms with Crippen molar-refractivity contribution in [1.82, 2.24) is 9.55 Å². The number of benzene rings is 1.